The second-order valence-corrected chi connectivity index (χ2v) is 6.08. The van der Waals surface area contributed by atoms with Crippen LogP contribution in [0.3, 0.4) is 0 Å². The van der Waals surface area contributed by atoms with Crippen LogP contribution in [0.2, 0.25) is 0 Å². The van der Waals surface area contributed by atoms with E-state index in [0.29, 0.717) is 9.91 Å². The van der Waals surface area contributed by atoms with E-state index in [-0.39, 0.29) is 24.4 Å². The number of rotatable bonds is 7. The van der Waals surface area contributed by atoms with Crippen LogP contribution in [-0.4, -0.2) is 46.7 Å². The first-order valence-corrected chi connectivity index (χ1v) is 6.77. The van der Waals surface area contributed by atoms with Crippen LogP contribution in [0.15, 0.2) is 0 Å². The molecule has 0 bridgehead atoms. The molecule has 10 heteroatoms. The minimum Gasteiger partial charge on any atom is -0.363 e. The van der Waals surface area contributed by atoms with Gasteiger partial charge in [0.1, 0.15) is 11.6 Å². The van der Waals surface area contributed by atoms with Crippen LogP contribution in [0.5, 0.6) is 0 Å². The summed E-state index contributed by atoms with van der Waals surface area (Å²) in [7, 11) is 0. The van der Waals surface area contributed by atoms with Gasteiger partial charge in [-0.1, -0.05) is 25.2 Å². The fourth-order valence-corrected chi connectivity index (χ4v) is 2.35. The number of carbonyl (C=O) groups excluding carboxylic acids is 2. The molecule has 2 N–H and O–H groups in total. The van der Waals surface area contributed by atoms with E-state index in [9.17, 15) is 22.8 Å². The number of halogens is 3. The predicted molar refractivity (Wildman–Crippen MR) is 69.8 cm³/mol. The first kappa shape index (κ1) is 17.3. The molecule has 1 heterocycles. The van der Waals surface area contributed by atoms with Crippen LogP contribution in [0, 0.1) is 0 Å². The number of hydrogen-bond donors (Lipinski definition) is 1. The van der Waals surface area contributed by atoms with Crippen molar-refractivity contribution < 1.29 is 22.8 Å². The van der Waals surface area contributed by atoms with E-state index in [1.54, 1.807) is 13.8 Å². The zero-order chi connectivity index (χ0) is 16.3. The lowest BCUT2D eigenvalue weighted by Crippen LogP contribution is -2.36. The van der Waals surface area contributed by atoms with Gasteiger partial charge >= 0.3 is 6.18 Å². The van der Waals surface area contributed by atoms with Crippen molar-refractivity contribution in [2.24, 2.45) is 5.73 Å². The molecule has 21 heavy (non-hydrogen) atoms. The van der Waals surface area contributed by atoms with Gasteiger partial charge in [0.25, 0.3) is 5.91 Å². The topological polar surface area (TPSA) is 89.2 Å². The van der Waals surface area contributed by atoms with Gasteiger partial charge in [0.05, 0.1) is 0 Å². The van der Waals surface area contributed by atoms with Crippen molar-refractivity contribution >= 4 is 23.7 Å². The molecule has 2 amide bonds. The Balaban J connectivity index is 2.70. The van der Waals surface area contributed by atoms with Crippen molar-refractivity contribution in [3.05, 3.63) is 10.0 Å². The Morgan fingerprint density at radius 1 is 1.38 bits per heavy atom. The molecule has 0 aliphatic heterocycles. The largest absolute Gasteiger partial charge is 0.406 e. The number of aromatic nitrogens is 2. The van der Waals surface area contributed by atoms with Crippen molar-refractivity contribution in [3.8, 4) is 0 Å². The van der Waals surface area contributed by atoms with E-state index in [1.807, 2.05) is 0 Å². The third kappa shape index (κ3) is 5.29. The van der Waals surface area contributed by atoms with Crippen molar-refractivity contribution in [2.75, 3.05) is 13.1 Å². The first-order valence-electron chi connectivity index (χ1n) is 5.95. The van der Waals surface area contributed by atoms with Crippen molar-refractivity contribution in [1.82, 2.24) is 15.1 Å². The van der Waals surface area contributed by atoms with Gasteiger partial charge in [-0.25, -0.2) is 0 Å². The molecule has 0 spiro atoms. The molecular formula is C11H15F3N4O2S. The van der Waals surface area contributed by atoms with Gasteiger partial charge in [0.15, 0.2) is 0 Å². The van der Waals surface area contributed by atoms with Gasteiger partial charge in [-0.3, -0.25) is 9.59 Å². The molecule has 0 aliphatic carbocycles. The molecule has 118 valence electrons. The zero-order valence-electron chi connectivity index (χ0n) is 11.5. The van der Waals surface area contributed by atoms with Crippen molar-refractivity contribution in [3.63, 3.8) is 0 Å². The van der Waals surface area contributed by atoms with Crippen LogP contribution in [-0.2, 0) is 10.2 Å². The molecule has 0 saturated heterocycles. The normalized spacial score (nSPS) is 12.2. The number of carbonyl (C=O) groups is 2. The Morgan fingerprint density at radius 3 is 2.43 bits per heavy atom. The molecule has 0 saturated carbocycles. The second kappa shape index (κ2) is 6.37. The summed E-state index contributed by atoms with van der Waals surface area (Å²) in [4.78, 5) is 22.3. The van der Waals surface area contributed by atoms with Gasteiger partial charge in [-0.2, -0.15) is 13.2 Å². The summed E-state index contributed by atoms with van der Waals surface area (Å²) in [5.74, 6) is -0.707. The fourth-order valence-electron chi connectivity index (χ4n) is 1.53. The van der Waals surface area contributed by atoms with Gasteiger partial charge in [0, 0.05) is 12.0 Å². The number of nitrogens with zero attached hydrogens (tertiary/aromatic N) is 3. The lowest BCUT2D eigenvalue weighted by atomic mass is 9.90. The Bertz CT molecular complexity index is 516. The number of hydrogen-bond acceptors (Lipinski definition) is 5. The minimum atomic E-state index is -4.44. The summed E-state index contributed by atoms with van der Waals surface area (Å²) < 4.78 is 36.8. The summed E-state index contributed by atoms with van der Waals surface area (Å²) in [6, 6.07) is 0. The lowest BCUT2D eigenvalue weighted by Gasteiger charge is -2.25. The SMILES string of the molecule is CC(C)(CCN(C=O)CC(F)(F)F)c1nnc(C(N)=O)s1. The molecule has 0 aliphatic rings. The highest BCUT2D eigenvalue weighted by Crippen LogP contribution is 2.30. The maximum Gasteiger partial charge on any atom is 0.406 e. The standard InChI is InChI=1S/C11H15F3N4O2S/c1-10(2,9-17-16-8(21-9)7(15)20)3-4-18(6-19)5-11(12,13)14/h6H,3-5H2,1-2H3,(H2,15,20). The quantitative estimate of drug-likeness (QED) is 0.766. The monoisotopic (exact) mass is 324 g/mol. The van der Waals surface area contributed by atoms with Gasteiger partial charge < -0.3 is 10.6 Å². The molecule has 0 unspecified atom stereocenters. The van der Waals surface area contributed by atoms with Crippen molar-refractivity contribution in [2.45, 2.75) is 31.9 Å². The highest BCUT2D eigenvalue weighted by atomic mass is 32.1. The van der Waals surface area contributed by atoms with E-state index in [4.69, 9.17) is 5.73 Å². The zero-order valence-corrected chi connectivity index (χ0v) is 12.3. The molecular weight excluding hydrogens is 309 g/mol. The Hall–Kier alpha value is -1.71. The summed E-state index contributed by atoms with van der Waals surface area (Å²) in [6.07, 6.45) is -4.03. The summed E-state index contributed by atoms with van der Waals surface area (Å²) in [5, 5.41) is 7.97. The van der Waals surface area contributed by atoms with Gasteiger partial charge in [0.2, 0.25) is 11.4 Å². The Labute approximate surface area is 123 Å². The van der Waals surface area contributed by atoms with Crippen LogP contribution in [0.1, 0.15) is 35.1 Å². The molecule has 6 nitrogen and oxygen atoms in total. The van der Waals surface area contributed by atoms with E-state index >= 15 is 0 Å². The maximum absolute atomic E-state index is 12.3. The average molecular weight is 324 g/mol. The highest BCUT2D eigenvalue weighted by molar-refractivity contribution is 7.13. The number of alkyl halides is 3. The fraction of sp³-hybridized carbons (Fsp3) is 0.636. The predicted octanol–water partition coefficient (Wildman–Crippen LogP) is 1.33. The van der Waals surface area contributed by atoms with E-state index in [2.05, 4.69) is 10.2 Å². The number of primary amides is 1. The van der Waals surface area contributed by atoms with Crippen LogP contribution >= 0.6 is 11.3 Å². The average Bonchev–Trinajstić information content (AvgIpc) is 2.83. The van der Waals surface area contributed by atoms with E-state index < -0.39 is 24.0 Å². The maximum atomic E-state index is 12.3. The molecule has 1 aromatic rings. The molecule has 0 radical (unpaired) electrons. The molecule has 1 rings (SSSR count). The lowest BCUT2D eigenvalue weighted by molar-refractivity contribution is -0.154. The Kier molecular flexibility index (Phi) is 5.26. The van der Waals surface area contributed by atoms with Gasteiger partial charge in [-0.15, -0.1) is 10.2 Å². The summed E-state index contributed by atoms with van der Waals surface area (Å²) >= 11 is 0.995. The molecule has 0 atom stereocenters. The van der Waals surface area contributed by atoms with Crippen LogP contribution < -0.4 is 5.73 Å². The molecule has 0 aromatic carbocycles. The summed E-state index contributed by atoms with van der Waals surface area (Å²) in [5.41, 5.74) is 4.45. The second-order valence-electron chi connectivity index (χ2n) is 5.10. The third-order valence-electron chi connectivity index (χ3n) is 2.77. The van der Waals surface area contributed by atoms with E-state index in [0.717, 1.165) is 11.3 Å². The number of nitrogens with two attached hydrogens (primary N) is 1. The highest BCUT2D eigenvalue weighted by Gasteiger charge is 2.32. The minimum absolute atomic E-state index is 0.0422. The smallest absolute Gasteiger partial charge is 0.363 e. The molecule has 0 fully saturated rings. The first-order chi connectivity index (χ1) is 9.55. The summed E-state index contributed by atoms with van der Waals surface area (Å²) in [6.45, 7) is 2.11. The third-order valence-corrected chi connectivity index (χ3v) is 4.07. The Morgan fingerprint density at radius 2 is 2.00 bits per heavy atom. The van der Waals surface area contributed by atoms with E-state index in [1.165, 1.54) is 0 Å². The molecule has 1 aromatic heterocycles. The van der Waals surface area contributed by atoms with Gasteiger partial charge in [-0.05, 0) is 6.42 Å². The van der Waals surface area contributed by atoms with Crippen LogP contribution in [0.4, 0.5) is 13.2 Å². The van der Waals surface area contributed by atoms with Crippen LogP contribution in [0.25, 0.3) is 0 Å². The number of amides is 2. The van der Waals surface area contributed by atoms with Crippen molar-refractivity contribution in [1.29, 1.82) is 0 Å².